The Morgan fingerprint density at radius 3 is 2.78 bits per heavy atom. The zero-order valence-corrected chi connectivity index (χ0v) is 10.3. The first-order valence-corrected chi connectivity index (χ1v) is 5.58. The van der Waals surface area contributed by atoms with E-state index in [0.717, 1.165) is 5.56 Å². The number of hydrogen-bond donors (Lipinski definition) is 2. The van der Waals surface area contributed by atoms with Crippen molar-refractivity contribution >= 4 is 17.5 Å². The predicted molar refractivity (Wildman–Crippen MR) is 70.7 cm³/mol. The van der Waals surface area contributed by atoms with Crippen LogP contribution in [0.5, 0.6) is 0 Å². The monoisotopic (exact) mass is 242 g/mol. The summed E-state index contributed by atoms with van der Waals surface area (Å²) in [6.45, 7) is 1.89. The summed E-state index contributed by atoms with van der Waals surface area (Å²) in [5.41, 5.74) is 1.27. The van der Waals surface area contributed by atoms with Gasteiger partial charge in [-0.15, -0.1) is 0 Å². The first kappa shape index (κ1) is 12.0. The Morgan fingerprint density at radius 2 is 2.06 bits per heavy atom. The first-order valence-electron chi connectivity index (χ1n) is 5.58. The SMILES string of the molecule is CNc1cccc(C(=O)Nc2ncccc2C)n1. The molecule has 0 bridgehead atoms. The maximum absolute atomic E-state index is 12.0. The van der Waals surface area contributed by atoms with Crippen LogP contribution in [0, 0.1) is 6.92 Å². The number of aryl methyl sites for hydroxylation is 1. The highest BCUT2D eigenvalue weighted by Crippen LogP contribution is 2.11. The summed E-state index contributed by atoms with van der Waals surface area (Å²) in [6, 6.07) is 8.95. The van der Waals surface area contributed by atoms with Crippen molar-refractivity contribution in [3.05, 3.63) is 47.8 Å². The van der Waals surface area contributed by atoms with Crippen LogP contribution in [0.15, 0.2) is 36.5 Å². The molecular weight excluding hydrogens is 228 g/mol. The van der Waals surface area contributed by atoms with Gasteiger partial charge in [0.15, 0.2) is 0 Å². The highest BCUT2D eigenvalue weighted by molar-refractivity contribution is 6.02. The van der Waals surface area contributed by atoms with Crippen molar-refractivity contribution in [2.24, 2.45) is 0 Å². The Morgan fingerprint density at radius 1 is 1.22 bits per heavy atom. The third-order valence-corrected chi connectivity index (χ3v) is 2.48. The molecule has 2 N–H and O–H groups in total. The average molecular weight is 242 g/mol. The van der Waals surface area contributed by atoms with Crippen molar-refractivity contribution in [1.29, 1.82) is 0 Å². The zero-order valence-electron chi connectivity index (χ0n) is 10.3. The molecule has 5 heteroatoms. The number of hydrogen-bond acceptors (Lipinski definition) is 4. The molecule has 0 spiro atoms. The van der Waals surface area contributed by atoms with Crippen LogP contribution < -0.4 is 10.6 Å². The summed E-state index contributed by atoms with van der Waals surface area (Å²) in [5, 5.41) is 5.63. The fraction of sp³-hybridized carbons (Fsp3) is 0.154. The van der Waals surface area contributed by atoms with E-state index in [2.05, 4.69) is 20.6 Å². The van der Waals surface area contributed by atoms with Gasteiger partial charge in [-0.05, 0) is 30.7 Å². The van der Waals surface area contributed by atoms with E-state index in [1.54, 1.807) is 31.4 Å². The fourth-order valence-electron chi connectivity index (χ4n) is 1.49. The molecule has 18 heavy (non-hydrogen) atoms. The Bertz CT molecular complexity index is 568. The van der Waals surface area contributed by atoms with E-state index in [1.807, 2.05) is 19.1 Å². The van der Waals surface area contributed by atoms with Crippen molar-refractivity contribution in [2.75, 3.05) is 17.7 Å². The van der Waals surface area contributed by atoms with E-state index >= 15 is 0 Å². The summed E-state index contributed by atoms with van der Waals surface area (Å²) >= 11 is 0. The second kappa shape index (κ2) is 5.27. The molecule has 92 valence electrons. The Kier molecular flexibility index (Phi) is 3.52. The molecule has 0 saturated heterocycles. The molecule has 0 fully saturated rings. The molecule has 0 atom stereocenters. The van der Waals surface area contributed by atoms with Gasteiger partial charge in [-0.1, -0.05) is 12.1 Å². The Balaban J connectivity index is 2.19. The Labute approximate surface area is 105 Å². The molecule has 0 saturated carbocycles. The highest BCUT2D eigenvalue weighted by Gasteiger charge is 2.09. The molecule has 5 nitrogen and oxygen atoms in total. The smallest absolute Gasteiger partial charge is 0.275 e. The van der Waals surface area contributed by atoms with Gasteiger partial charge in [-0.2, -0.15) is 0 Å². The molecule has 0 aliphatic carbocycles. The van der Waals surface area contributed by atoms with Crippen LogP contribution in [0.25, 0.3) is 0 Å². The summed E-state index contributed by atoms with van der Waals surface area (Å²) in [6.07, 6.45) is 1.64. The molecule has 0 aliphatic heterocycles. The number of nitrogens with one attached hydrogen (secondary N) is 2. The number of amides is 1. The van der Waals surface area contributed by atoms with E-state index < -0.39 is 0 Å². The van der Waals surface area contributed by atoms with E-state index in [9.17, 15) is 4.79 Å². The number of aromatic nitrogens is 2. The third-order valence-electron chi connectivity index (χ3n) is 2.48. The molecule has 0 radical (unpaired) electrons. The van der Waals surface area contributed by atoms with E-state index in [4.69, 9.17) is 0 Å². The second-order valence-electron chi connectivity index (χ2n) is 3.78. The fourth-order valence-corrected chi connectivity index (χ4v) is 1.49. The highest BCUT2D eigenvalue weighted by atomic mass is 16.1. The number of anilines is 2. The van der Waals surface area contributed by atoms with Crippen LogP contribution in [-0.2, 0) is 0 Å². The molecule has 2 rings (SSSR count). The summed E-state index contributed by atoms with van der Waals surface area (Å²) in [5.74, 6) is 0.938. The van der Waals surface area contributed by atoms with Crippen molar-refractivity contribution < 1.29 is 4.79 Å². The number of carbonyl (C=O) groups is 1. The van der Waals surface area contributed by atoms with Crippen LogP contribution in [0.3, 0.4) is 0 Å². The molecular formula is C13H14N4O. The molecule has 2 aromatic rings. The maximum Gasteiger partial charge on any atom is 0.275 e. The van der Waals surface area contributed by atoms with Gasteiger partial charge in [0.05, 0.1) is 0 Å². The van der Waals surface area contributed by atoms with Crippen LogP contribution >= 0.6 is 0 Å². The Hall–Kier alpha value is -2.43. The minimum absolute atomic E-state index is 0.270. The van der Waals surface area contributed by atoms with E-state index in [-0.39, 0.29) is 5.91 Å². The minimum Gasteiger partial charge on any atom is -0.373 e. The average Bonchev–Trinajstić information content (AvgIpc) is 2.41. The van der Waals surface area contributed by atoms with Crippen molar-refractivity contribution in [3.8, 4) is 0 Å². The van der Waals surface area contributed by atoms with Gasteiger partial charge in [-0.25, -0.2) is 9.97 Å². The topological polar surface area (TPSA) is 66.9 Å². The third kappa shape index (κ3) is 2.63. The lowest BCUT2D eigenvalue weighted by molar-refractivity contribution is 0.102. The number of nitrogens with zero attached hydrogens (tertiary/aromatic N) is 2. The molecule has 0 aromatic carbocycles. The van der Waals surface area contributed by atoms with Gasteiger partial charge in [0, 0.05) is 13.2 Å². The second-order valence-corrected chi connectivity index (χ2v) is 3.78. The van der Waals surface area contributed by atoms with Crippen LogP contribution in [0.1, 0.15) is 16.1 Å². The summed E-state index contributed by atoms with van der Waals surface area (Å²) in [7, 11) is 1.76. The van der Waals surface area contributed by atoms with Crippen molar-refractivity contribution in [2.45, 2.75) is 6.92 Å². The van der Waals surface area contributed by atoms with Gasteiger partial charge in [-0.3, -0.25) is 4.79 Å². The van der Waals surface area contributed by atoms with Gasteiger partial charge >= 0.3 is 0 Å². The number of carbonyl (C=O) groups excluding carboxylic acids is 1. The number of pyridine rings is 2. The molecule has 2 heterocycles. The lowest BCUT2D eigenvalue weighted by atomic mass is 10.2. The summed E-state index contributed by atoms with van der Waals surface area (Å²) in [4.78, 5) is 20.3. The van der Waals surface area contributed by atoms with Crippen LogP contribution in [-0.4, -0.2) is 22.9 Å². The zero-order chi connectivity index (χ0) is 13.0. The van der Waals surface area contributed by atoms with E-state index in [0.29, 0.717) is 17.3 Å². The summed E-state index contributed by atoms with van der Waals surface area (Å²) < 4.78 is 0. The molecule has 2 aromatic heterocycles. The first-order chi connectivity index (χ1) is 8.70. The molecule has 1 amide bonds. The lowest BCUT2D eigenvalue weighted by Gasteiger charge is -2.07. The number of rotatable bonds is 3. The normalized spacial score (nSPS) is 9.89. The van der Waals surface area contributed by atoms with Gasteiger partial charge in [0.2, 0.25) is 0 Å². The van der Waals surface area contributed by atoms with Gasteiger partial charge in [0.25, 0.3) is 5.91 Å². The molecule has 0 aliphatic rings. The quantitative estimate of drug-likeness (QED) is 0.864. The predicted octanol–water partition coefficient (Wildman–Crippen LogP) is 2.08. The van der Waals surface area contributed by atoms with Crippen LogP contribution in [0.4, 0.5) is 11.6 Å². The van der Waals surface area contributed by atoms with Crippen molar-refractivity contribution in [3.63, 3.8) is 0 Å². The van der Waals surface area contributed by atoms with Gasteiger partial charge in [0.1, 0.15) is 17.3 Å². The van der Waals surface area contributed by atoms with Crippen LogP contribution in [0.2, 0.25) is 0 Å². The minimum atomic E-state index is -0.270. The lowest BCUT2D eigenvalue weighted by Crippen LogP contribution is -2.15. The van der Waals surface area contributed by atoms with Gasteiger partial charge < -0.3 is 10.6 Å². The molecule has 0 unspecified atom stereocenters. The van der Waals surface area contributed by atoms with E-state index in [1.165, 1.54) is 0 Å². The maximum atomic E-state index is 12.0. The largest absolute Gasteiger partial charge is 0.373 e. The van der Waals surface area contributed by atoms with Crippen molar-refractivity contribution in [1.82, 2.24) is 9.97 Å². The standard InChI is InChI=1S/C13H14N4O/c1-9-5-4-8-15-12(9)17-13(18)10-6-3-7-11(14-2)16-10/h3-8H,1-2H3,(H,14,16)(H,15,17,18).